The number of nitro groups is 1. The first-order chi connectivity index (χ1) is 8.99. The van der Waals surface area contributed by atoms with Gasteiger partial charge in [0, 0.05) is 17.0 Å². The van der Waals surface area contributed by atoms with Gasteiger partial charge in [0.15, 0.2) is 0 Å². The first-order valence-electron chi connectivity index (χ1n) is 5.25. The highest BCUT2D eigenvalue weighted by Crippen LogP contribution is 2.31. The molecule has 0 atom stereocenters. The lowest BCUT2D eigenvalue weighted by atomic mass is 10.2. The molecule has 1 heterocycles. The molecule has 0 aliphatic heterocycles. The second kappa shape index (κ2) is 5.50. The third-order valence-electron chi connectivity index (χ3n) is 2.52. The fourth-order valence-electron chi connectivity index (χ4n) is 1.50. The van der Waals surface area contributed by atoms with E-state index < -0.39 is 10.7 Å². The Morgan fingerprint density at radius 2 is 2.32 bits per heavy atom. The van der Waals surface area contributed by atoms with Crippen LogP contribution in [0.3, 0.4) is 0 Å². The molecule has 0 aliphatic carbocycles. The standard InChI is InChI=1S/C11H9ClFN3O2S/c1-6-11(19-5-15-6)4-14-9-3-8(13)7(12)2-10(9)16(17)18/h2-3,5,14H,4H2,1H3. The Bertz CT molecular complexity index is 632. The van der Waals surface area contributed by atoms with Crippen molar-refractivity contribution in [2.24, 2.45) is 0 Å². The average Bonchev–Trinajstić information content (AvgIpc) is 2.75. The molecule has 0 spiro atoms. The van der Waals surface area contributed by atoms with E-state index in [1.807, 2.05) is 6.92 Å². The van der Waals surface area contributed by atoms with Crippen molar-refractivity contribution < 1.29 is 9.31 Å². The van der Waals surface area contributed by atoms with Crippen molar-refractivity contribution in [1.29, 1.82) is 0 Å². The Labute approximate surface area is 117 Å². The van der Waals surface area contributed by atoms with E-state index in [0.717, 1.165) is 22.7 Å². The molecule has 0 aliphatic rings. The van der Waals surface area contributed by atoms with Gasteiger partial charge in [0.25, 0.3) is 5.69 Å². The van der Waals surface area contributed by atoms with Gasteiger partial charge in [0.05, 0.1) is 27.7 Å². The SMILES string of the molecule is Cc1ncsc1CNc1cc(F)c(Cl)cc1[N+](=O)[O-]. The number of rotatable bonds is 4. The molecule has 1 aromatic carbocycles. The molecule has 0 saturated carbocycles. The quantitative estimate of drug-likeness (QED) is 0.689. The van der Waals surface area contributed by atoms with Crippen LogP contribution in [0.5, 0.6) is 0 Å². The maximum absolute atomic E-state index is 13.4. The van der Waals surface area contributed by atoms with Crippen molar-refractivity contribution in [2.75, 3.05) is 5.32 Å². The van der Waals surface area contributed by atoms with Crippen LogP contribution in [0.4, 0.5) is 15.8 Å². The molecule has 8 heteroatoms. The lowest BCUT2D eigenvalue weighted by Gasteiger charge is -2.07. The van der Waals surface area contributed by atoms with Gasteiger partial charge in [0.2, 0.25) is 0 Å². The lowest BCUT2D eigenvalue weighted by Crippen LogP contribution is -2.03. The Morgan fingerprint density at radius 1 is 1.58 bits per heavy atom. The van der Waals surface area contributed by atoms with Crippen LogP contribution in [0.1, 0.15) is 10.6 Å². The predicted octanol–water partition coefficient (Wildman–Crippen LogP) is 3.76. The zero-order valence-corrected chi connectivity index (χ0v) is 11.4. The number of hydrogen-bond acceptors (Lipinski definition) is 5. The summed E-state index contributed by atoms with van der Waals surface area (Å²) in [7, 11) is 0. The van der Waals surface area contributed by atoms with Crippen LogP contribution in [0, 0.1) is 22.9 Å². The highest BCUT2D eigenvalue weighted by atomic mass is 35.5. The van der Waals surface area contributed by atoms with Gasteiger partial charge in [-0.3, -0.25) is 10.1 Å². The van der Waals surface area contributed by atoms with Crippen molar-refractivity contribution in [2.45, 2.75) is 13.5 Å². The maximum Gasteiger partial charge on any atom is 0.294 e. The summed E-state index contributed by atoms with van der Waals surface area (Å²) in [4.78, 5) is 15.3. The number of thiazole rings is 1. The number of nitrogens with zero attached hydrogens (tertiary/aromatic N) is 2. The second-order valence-electron chi connectivity index (χ2n) is 3.76. The normalized spacial score (nSPS) is 10.5. The number of benzene rings is 1. The van der Waals surface area contributed by atoms with E-state index in [2.05, 4.69) is 10.3 Å². The first kappa shape index (κ1) is 13.7. The van der Waals surface area contributed by atoms with Gasteiger partial charge >= 0.3 is 0 Å². The summed E-state index contributed by atoms with van der Waals surface area (Å²) in [6.45, 7) is 2.18. The van der Waals surface area contributed by atoms with Crippen molar-refractivity contribution in [3.05, 3.63) is 49.2 Å². The maximum atomic E-state index is 13.4. The molecule has 1 N–H and O–H groups in total. The summed E-state index contributed by atoms with van der Waals surface area (Å²) >= 11 is 6.97. The molecule has 2 rings (SSSR count). The highest BCUT2D eigenvalue weighted by Gasteiger charge is 2.17. The zero-order valence-electron chi connectivity index (χ0n) is 9.81. The van der Waals surface area contributed by atoms with Gasteiger partial charge in [-0.05, 0) is 6.92 Å². The van der Waals surface area contributed by atoms with Gasteiger partial charge in [-0.2, -0.15) is 0 Å². The van der Waals surface area contributed by atoms with Crippen LogP contribution < -0.4 is 5.32 Å². The van der Waals surface area contributed by atoms with Crippen LogP contribution in [-0.4, -0.2) is 9.91 Å². The van der Waals surface area contributed by atoms with Crippen LogP contribution >= 0.6 is 22.9 Å². The van der Waals surface area contributed by atoms with Crippen LogP contribution in [-0.2, 0) is 6.54 Å². The molecular weight excluding hydrogens is 293 g/mol. The Balaban J connectivity index is 2.26. The van der Waals surface area contributed by atoms with E-state index in [4.69, 9.17) is 11.6 Å². The van der Waals surface area contributed by atoms with Crippen LogP contribution in [0.2, 0.25) is 5.02 Å². The smallest absolute Gasteiger partial charge is 0.294 e. The second-order valence-corrected chi connectivity index (χ2v) is 5.10. The fraction of sp³-hybridized carbons (Fsp3) is 0.182. The molecule has 0 unspecified atom stereocenters. The third kappa shape index (κ3) is 2.99. The van der Waals surface area contributed by atoms with Crippen LogP contribution in [0.25, 0.3) is 0 Å². The van der Waals surface area contributed by atoms with Crippen molar-refractivity contribution in [1.82, 2.24) is 4.98 Å². The molecule has 0 radical (unpaired) electrons. The minimum Gasteiger partial charge on any atom is -0.374 e. The zero-order chi connectivity index (χ0) is 14.0. The van der Waals surface area contributed by atoms with Gasteiger partial charge in [0.1, 0.15) is 11.5 Å². The number of halogens is 2. The van der Waals surface area contributed by atoms with Crippen molar-refractivity contribution in [3.8, 4) is 0 Å². The number of nitro benzene ring substituents is 1. The molecule has 0 fully saturated rings. The largest absolute Gasteiger partial charge is 0.374 e. The summed E-state index contributed by atoms with van der Waals surface area (Å²) in [6, 6.07) is 2.02. The van der Waals surface area contributed by atoms with Gasteiger partial charge in [-0.1, -0.05) is 11.6 Å². The van der Waals surface area contributed by atoms with Crippen molar-refractivity contribution in [3.63, 3.8) is 0 Å². The summed E-state index contributed by atoms with van der Waals surface area (Å²) in [6.07, 6.45) is 0. The van der Waals surface area contributed by atoms with E-state index in [9.17, 15) is 14.5 Å². The van der Waals surface area contributed by atoms with Gasteiger partial charge in [-0.25, -0.2) is 9.37 Å². The fourth-order valence-corrected chi connectivity index (χ4v) is 2.38. The Morgan fingerprint density at radius 3 is 2.89 bits per heavy atom. The number of aryl methyl sites for hydroxylation is 1. The third-order valence-corrected chi connectivity index (χ3v) is 3.74. The number of aromatic nitrogens is 1. The lowest BCUT2D eigenvalue weighted by molar-refractivity contribution is -0.384. The van der Waals surface area contributed by atoms with Crippen molar-refractivity contribution >= 4 is 34.3 Å². The monoisotopic (exact) mass is 301 g/mol. The topological polar surface area (TPSA) is 68.1 Å². The van der Waals surface area contributed by atoms with E-state index in [1.165, 1.54) is 11.3 Å². The Hall–Kier alpha value is -1.73. The summed E-state index contributed by atoms with van der Waals surface area (Å²) in [5.41, 5.74) is 2.37. The number of anilines is 1. The van der Waals surface area contributed by atoms with Crippen LogP contribution in [0.15, 0.2) is 17.6 Å². The van der Waals surface area contributed by atoms with E-state index in [0.29, 0.717) is 6.54 Å². The Kier molecular flexibility index (Phi) is 3.96. The van der Waals surface area contributed by atoms with Gasteiger partial charge < -0.3 is 5.32 Å². The minimum atomic E-state index is -0.698. The first-order valence-corrected chi connectivity index (χ1v) is 6.51. The van der Waals surface area contributed by atoms with E-state index >= 15 is 0 Å². The summed E-state index contributed by atoms with van der Waals surface area (Å²) < 4.78 is 13.4. The molecule has 19 heavy (non-hydrogen) atoms. The molecule has 0 saturated heterocycles. The summed E-state index contributed by atoms with van der Waals surface area (Å²) in [5.74, 6) is -0.698. The minimum absolute atomic E-state index is 0.0969. The molecular formula is C11H9ClFN3O2S. The molecule has 2 aromatic rings. The van der Waals surface area contributed by atoms with Gasteiger partial charge in [-0.15, -0.1) is 11.3 Å². The molecule has 5 nitrogen and oxygen atoms in total. The van der Waals surface area contributed by atoms with E-state index in [-0.39, 0.29) is 16.4 Å². The number of hydrogen-bond donors (Lipinski definition) is 1. The predicted molar refractivity (Wildman–Crippen MR) is 72.2 cm³/mol. The summed E-state index contributed by atoms with van der Waals surface area (Å²) in [5, 5.41) is 13.5. The molecule has 1 aromatic heterocycles. The van der Waals surface area contributed by atoms with E-state index in [1.54, 1.807) is 5.51 Å². The molecule has 0 bridgehead atoms. The molecule has 100 valence electrons. The average molecular weight is 302 g/mol. The highest BCUT2D eigenvalue weighted by molar-refractivity contribution is 7.09. The number of nitrogens with one attached hydrogen (secondary N) is 1. The molecule has 0 amide bonds.